The van der Waals surface area contributed by atoms with E-state index >= 15 is 0 Å². The maximum Gasteiger partial charge on any atom is 0.243 e. The van der Waals surface area contributed by atoms with E-state index in [0.717, 1.165) is 4.31 Å². The van der Waals surface area contributed by atoms with E-state index in [-0.39, 0.29) is 11.4 Å². The monoisotopic (exact) mass is 375 g/mol. The average Bonchev–Trinajstić information content (AvgIpc) is 2.63. The summed E-state index contributed by atoms with van der Waals surface area (Å²) in [6.07, 6.45) is 0. The molecule has 6 nitrogen and oxygen atoms in total. The second kappa shape index (κ2) is 8.08. The van der Waals surface area contributed by atoms with Crippen molar-refractivity contribution in [3.8, 4) is 6.07 Å². The molecule has 8 heteroatoms. The van der Waals surface area contributed by atoms with Crippen molar-refractivity contribution < 1.29 is 17.6 Å². The van der Waals surface area contributed by atoms with Crippen molar-refractivity contribution in [3.63, 3.8) is 0 Å². The van der Waals surface area contributed by atoms with Crippen LogP contribution in [0.1, 0.15) is 12.5 Å². The number of amides is 1. The third-order valence-corrected chi connectivity index (χ3v) is 5.62. The Morgan fingerprint density at radius 1 is 1.12 bits per heavy atom. The summed E-state index contributed by atoms with van der Waals surface area (Å²) in [5.74, 6) is -0.850. The largest absolute Gasteiger partial charge is 0.312 e. The molecule has 0 spiro atoms. The van der Waals surface area contributed by atoms with Crippen molar-refractivity contribution in [2.45, 2.75) is 11.8 Å². The third kappa shape index (κ3) is 4.25. The van der Waals surface area contributed by atoms with Crippen LogP contribution in [0.5, 0.6) is 0 Å². The van der Waals surface area contributed by atoms with Crippen molar-refractivity contribution in [2.24, 2.45) is 0 Å². The van der Waals surface area contributed by atoms with E-state index in [1.54, 1.807) is 6.92 Å². The molecule has 2 rings (SSSR count). The van der Waals surface area contributed by atoms with Gasteiger partial charge in [0.2, 0.25) is 15.9 Å². The fourth-order valence-corrected chi connectivity index (χ4v) is 3.49. The van der Waals surface area contributed by atoms with Crippen LogP contribution in [0, 0.1) is 17.1 Å². The SMILES string of the molecule is CCN(C(=O)CN(C)S(=O)(=O)c1ccc(C#N)cc1)c1ccc(F)cc1. The Morgan fingerprint density at radius 2 is 1.69 bits per heavy atom. The molecule has 0 aliphatic heterocycles. The Balaban J connectivity index is 2.18. The van der Waals surface area contributed by atoms with Crippen LogP contribution in [0.25, 0.3) is 0 Å². The lowest BCUT2D eigenvalue weighted by molar-refractivity contribution is -0.118. The highest BCUT2D eigenvalue weighted by Crippen LogP contribution is 2.18. The average molecular weight is 375 g/mol. The summed E-state index contributed by atoms with van der Waals surface area (Å²) in [4.78, 5) is 13.9. The zero-order valence-corrected chi connectivity index (χ0v) is 15.2. The fourth-order valence-electron chi connectivity index (χ4n) is 2.37. The molecule has 0 aliphatic carbocycles. The van der Waals surface area contributed by atoms with Gasteiger partial charge >= 0.3 is 0 Å². The first-order valence-corrected chi connectivity index (χ1v) is 9.26. The molecule has 2 aromatic rings. The van der Waals surface area contributed by atoms with E-state index in [0.29, 0.717) is 17.8 Å². The van der Waals surface area contributed by atoms with Crippen LogP contribution in [-0.4, -0.2) is 38.8 Å². The summed E-state index contributed by atoms with van der Waals surface area (Å²) in [7, 11) is -2.56. The minimum Gasteiger partial charge on any atom is -0.312 e. The van der Waals surface area contributed by atoms with Crippen molar-refractivity contribution in [1.82, 2.24) is 4.31 Å². The molecular formula is C18H18FN3O3S. The Bertz CT molecular complexity index is 920. The van der Waals surface area contributed by atoms with Crippen molar-refractivity contribution in [2.75, 3.05) is 25.0 Å². The van der Waals surface area contributed by atoms with Gasteiger partial charge in [0.15, 0.2) is 0 Å². The van der Waals surface area contributed by atoms with Gasteiger partial charge in [-0.05, 0) is 55.5 Å². The first-order chi connectivity index (χ1) is 12.3. The van der Waals surface area contributed by atoms with E-state index in [4.69, 9.17) is 5.26 Å². The number of nitriles is 1. The number of anilines is 1. The highest BCUT2D eigenvalue weighted by molar-refractivity contribution is 7.89. The molecule has 0 radical (unpaired) electrons. The van der Waals surface area contributed by atoms with Gasteiger partial charge in [-0.1, -0.05) is 0 Å². The van der Waals surface area contributed by atoms with Crippen molar-refractivity contribution >= 4 is 21.6 Å². The van der Waals surface area contributed by atoms with Crippen LogP contribution in [0.3, 0.4) is 0 Å². The van der Waals surface area contributed by atoms with Crippen LogP contribution in [0.15, 0.2) is 53.4 Å². The number of nitrogens with zero attached hydrogens (tertiary/aromatic N) is 3. The molecule has 0 heterocycles. The van der Waals surface area contributed by atoms with Gasteiger partial charge in [-0.3, -0.25) is 4.79 Å². The van der Waals surface area contributed by atoms with E-state index in [9.17, 15) is 17.6 Å². The number of hydrogen-bond donors (Lipinski definition) is 0. The van der Waals surface area contributed by atoms with Crippen LogP contribution < -0.4 is 4.90 Å². The Morgan fingerprint density at radius 3 is 2.19 bits per heavy atom. The number of benzene rings is 2. The molecule has 0 N–H and O–H groups in total. The molecule has 26 heavy (non-hydrogen) atoms. The molecule has 0 atom stereocenters. The Kier molecular flexibility index (Phi) is 6.08. The number of hydrogen-bond acceptors (Lipinski definition) is 4. The number of rotatable bonds is 6. The zero-order chi connectivity index (χ0) is 19.3. The number of halogens is 1. The number of carbonyl (C=O) groups excluding carboxylic acids is 1. The molecule has 0 saturated heterocycles. The minimum atomic E-state index is -3.87. The molecule has 1 amide bonds. The first-order valence-electron chi connectivity index (χ1n) is 7.82. The normalized spacial score (nSPS) is 11.2. The van der Waals surface area contributed by atoms with Gasteiger partial charge in [-0.2, -0.15) is 9.57 Å². The topological polar surface area (TPSA) is 81.5 Å². The summed E-state index contributed by atoms with van der Waals surface area (Å²) in [5.41, 5.74) is 0.833. The maximum absolute atomic E-state index is 13.1. The quantitative estimate of drug-likeness (QED) is 0.776. The highest BCUT2D eigenvalue weighted by Gasteiger charge is 2.25. The van der Waals surface area contributed by atoms with Gasteiger partial charge in [-0.15, -0.1) is 0 Å². The number of likely N-dealkylation sites (N-methyl/N-ethyl adjacent to an activating group) is 2. The van der Waals surface area contributed by atoms with Crippen LogP contribution in [-0.2, 0) is 14.8 Å². The second-order valence-corrected chi connectivity index (χ2v) is 7.56. The lowest BCUT2D eigenvalue weighted by Gasteiger charge is -2.24. The summed E-state index contributed by atoms with van der Waals surface area (Å²) >= 11 is 0. The smallest absolute Gasteiger partial charge is 0.243 e. The first kappa shape index (κ1) is 19.6. The molecule has 0 unspecified atom stereocenters. The van der Waals surface area contributed by atoms with Gasteiger partial charge in [0.1, 0.15) is 5.82 Å². The maximum atomic E-state index is 13.1. The Labute approximate surface area is 152 Å². The molecule has 0 fully saturated rings. The third-order valence-electron chi connectivity index (χ3n) is 3.81. The lowest BCUT2D eigenvalue weighted by atomic mass is 10.2. The fraction of sp³-hybridized carbons (Fsp3) is 0.222. The highest BCUT2D eigenvalue weighted by atomic mass is 32.2. The van der Waals surface area contributed by atoms with Gasteiger partial charge in [0.05, 0.1) is 23.1 Å². The molecule has 0 saturated carbocycles. The summed E-state index contributed by atoms with van der Waals surface area (Å²) < 4.78 is 39.2. The van der Waals surface area contributed by atoms with Crippen LogP contribution in [0.2, 0.25) is 0 Å². The lowest BCUT2D eigenvalue weighted by Crippen LogP contribution is -2.41. The predicted octanol–water partition coefficient (Wildman–Crippen LogP) is 2.37. The number of sulfonamides is 1. The molecule has 136 valence electrons. The second-order valence-electron chi connectivity index (χ2n) is 5.51. The number of carbonyl (C=O) groups is 1. The van der Waals surface area contributed by atoms with Crippen molar-refractivity contribution in [3.05, 3.63) is 59.9 Å². The summed E-state index contributed by atoms with van der Waals surface area (Å²) in [6.45, 7) is 1.69. The van der Waals surface area contributed by atoms with Gasteiger partial charge in [0.25, 0.3) is 0 Å². The van der Waals surface area contributed by atoms with Gasteiger partial charge < -0.3 is 4.90 Å². The summed E-state index contributed by atoms with van der Waals surface area (Å²) in [6, 6.07) is 12.8. The minimum absolute atomic E-state index is 0.00312. The zero-order valence-electron chi connectivity index (χ0n) is 14.4. The van der Waals surface area contributed by atoms with E-state index in [2.05, 4.69) is 0 Å². The van der Waals surface area contributed by atoms with E-state index in [1.165, 1.54) is 60.5 Å². The van der Waals surface area contributed by atoms with E-state index in [1.807, 2.05) is 6.07 Å². The standard InChI is InChI=1S/C18H18FN3O3S/c1-3-22(16-8-6-15(19)7-9-16)18(23)13-21(2)26(24,25)17-10-4-14(12-20)5-11-17/h4-11H,3,13H2,1-2H3. The Hall–Kier alpha value is -2.76. The molecule has 0 bridgehead atoms. The van der Waals surface area contributed by atoms with Crippen LogP contribution in [0.4, 0.5) is 10.1 Å². The molecule has 0 aromatic heterocycles. The van der Waals surface area contributed by atoms with Gasteiger partial charge in [-0.25, -0.2) is 12.8 Å². The summed E-state index contributed by atoms with van der Waals surface area (Å²) in [5, 5.41) is 8.79. The molecule has 0 aliphatic rings. The van der Waals surface area contributed by atoms with E-state index < -0.39 is 21.7 Å². The molecular weight excluding hydrogens is 357 g/mol. The predicted molar refractivity (Wildman–Crippen MR) is 95.4 cm³/mol. The van der Waals surface area contributed by atoms with Gasteiger partial charge in [0, 0.05) is 19.3 Å². The van der Waals surface area contributed by atoms with Crippen molar-refractivity contribution in [1.29, 1.82) is 5.26 Å². The van der Waals surface area contributed by atoms with Crippen LogP contribution >= 0.6 is 0 Å². The molecule has 2 aromatic carbocycles.